The maximum atomic E-state index is 12.8. The van der Waals surface area contributed by atoms with E-state index in [1.54, 1.807) is 0 Å². The molecule has 6 atom stereocenters. The molecule has 0 radical (unpaired) electrons. The summed E-state index contributed by atoms with van der Waals surface area (Å²) in [6, 6.07) is 0. The monoisotopic (exact) mass is 837 g/mol. The number of ether oxygens (including phenoxy) is 4. The van der Waals surface area contributed by atoms with Crippen molar-refractivity contribution in [3.63, 3.8) is 0 Å². The second-order valence-corrected chi connectivity index (χ2v) is 17.0. The summed E-state index contributed by atoms with van der Waals surface area (Å²) in [5.74, 6) is -0.398. The summed E-state index contributed by atoms with van der Waals surface area (Å²) in [7, 11) is -5.06. The lowest BCUT2D eigenvalue weighted by Crippen LogP contribution is -2.60. The number of carbonyl (C=O) groups excluding carboxylic acids is 1. The summed E-state index contributed by atoms with van der Waals surface area (Å²) < 4.78 is 59.0. The largest absolute Gasteiger partial charge is 0.457 e. The lowest BCUT2D eigenvalue weighted by Gasteiger charge is -2.41. The summed E-state index contributed by atoms with van der Waals surface area (Å²) in [4.78, 5) is 12.8. The van der Waals surface area contributed by atoms with Gasteiger partial charge in [-0.15, -0.1) is 0 Å². The number of hydrogen-bond acceptors (Lipinski definition) is 11. The molecule has 0 bridgehead atoms. The number of hydrogen-bond donors (Lipinski definition) is 4. The lowest BCUT2D eigenvalue weighted by atomic mass is 9.99. The van der Waals surface area contributed by atoms with Crippen molar-refractivity contribution in [1.29, 1.82) is 0 Å². The molecule has 1 aliphatic heterocycles. The number of unbranched alkanes of at least 4 members (excludes halogenated alkanes) is 25. The van der Waals surface area contributed by atoms with E-state index in [4.69, 9.17) is 23.5 Å². The predicted octanol–water partition coefficient (Wildman–Crippen LogP) is 9.47. The van der Waals surface area contributed by atoms with Gasteiger partial charge in [-0.3, -0.25) is 9.35 Å². The molecule has 57 heavy (non-hydrogen) atoms. The third kappa shape index (κ3) is 30.5. The quantitative estimate of drug-likeness (QED) is 0.0199. The first kappa shape index (κ1) is 53.9. The smallest absolute Gasteiger partial charge is 0.397 e. The van der Waals surface area contributed by atoms with Crippen LogP contribution in [0.4, 0.5) is 0 Å². The van der Waals surface area contributed by atoms with Gasteiger partial charge in [-0.05, 0) is 38.5 Å². The second kappa shape index (κ2) is 36.7. The minimum absolute atomic E-state index is 0.0391. The van der Waals surface area contributed by atoms with Crippen LogP contribution in [-0.2, 0) is 38.3 Å². The van der Waals surface area contributed by atoms with Gasteiger partial charge in [0.25, 0.3) is 0 Å². The standard InChI is InChI=1S/C44H84O12S/c1-3-5-7-9-11-13-15-17-18-19-20-21-22-24-26-28-30-32-34-52-36-38(54-40(46)33-31-29-27-25-23-16-14-12-10-8-6-4-2)37-53-44-42(48)43(56-57(49,50)51)41(47)39(35-45)55-44/h17-18,38-39,41-45,47-48H,3-16,19-37H2,1-2H3,(H,49,50,51)/b18-17-. The number of rotatable bonds is 40. The van der Waals surface area contributed by atoms with Gasteiger partial charge >= 0.3 is 16.4 Å². The first-order valence-electron chi connectivity index (χ1n) is 22.9. The lowest BCUT2D eigenvalue weighted by molar-refractivity contribution is -0.301. The van der Waals surface area contributed by atoms with Crippen LogP contribution in [0, 0.1) is 0 Å². The van der Waals surface area contributed by atoms with E-state index in [1.165, 1.54) is 135 Å². The van der Waals surface area contributed by atoms with Crippen molar-refractivity contribution in [3.05, 3.63) is 12.2 Å². The third-order valence-corrected chi connectivity index (χ3v) is 11.1. The van der Waals surface area contributed by atoms with Crippen LogP contribution in [0.3, 0.4) is 0 Å². The van der Waals surface area contributed by atoms with E-state index in [0.29, 0.717) is 13.0 Å². The fourth-order valence-electron chi connectivity index (χ4n) is 7.14. The summed E-state index contributed by atoms with van der Waals surface area (Å²) >= 11 is 0. The zero-order valence-corrected chi connectivity index (χ0v) is 36.7. The molecule has 13 heteroatoms. The molecular formula is C44H84O12S. The van der Waals surface area contributed by atoms with Crippen molar-refractivity contribution >= 4 is 16.4 Å². The summed E-state index contributed by atoms with van der Waals surface area (Å²) in [6.45, 7) is 3.99. The Morgan fingerprint density at radius 2 is 1.11 bits per heavy atom. The van der Waals surface area contributed by atoms with Crippen LogP contribution >= 0.6 is 0 Å². The van der Waals surface area contributed by atoms with E-state index in [-0.39, 0.29) is 19.6 Å². The third-order valence-electron chi connectivity index (χ3n) is 10.6. The van der Waals surface area contributed by atoms with E-state index in [0.717, 1.165) is 38.5 Å². The zero-order valence-electron chi connectivity index (χ0n) is 35.9. The summed E-state index contributed by atoms with van der Waals surface area (Å²) in [5.41, 5.74) is 0. The Hall–Kier alpha value is -1.16. The van der Waals surface area contributed by atoms with Crippen LogP contribution in [-0.4, -0.2) is 97.5 Å². The minimum atomic E-state index is -5.06. The van der Waals surface area contributed by atoms with Gasteiger partial charge in [-0.25, -0.2) is 4.18 Å². The van der Waals surface area contributed by atoms with E-state index in [2.05, 4.69) is 30.2 Å². The first-order chi connectivity index (χ1) is 27.6. The maximum Gasteiger partial charge on any atom is 0.397 e. The molecule has 0 aromatic rings. The number of carbonyl (C=O) groups is 1. The van der Waals surface area contributed by atoms with E-state index >= 15 is 0 Å². The number of esters is 1. The Bertz CT molecular complexity index is 1060. The molecule has 1 rings (SSSR count). The molecule has 1 fully saturated rings. The molecule has 0 spiro atoms. The highest BCUT2D eigenvalue weighted by Crippen LogP contribution is 2.26. The van der Waals surface area contributed by atoms with Gasteiger partial charge in [-0.2, -0.15) is 8.42 Å². The van der Waals surface area contributed by atoms with Crippen molar-refractivity contribution in [1.82, 2.24) is 0 Å². The topological polar surface area (TPSA) is 178 Å². The highest BCUT2D eigenvalue weighted by Gasteiger charge is 2.48. The molecule has 0 amide bonds. The number of aliphatic hydroxyl groups is 3. The van der Waals surface area contributed by atoms with Gasteiger partial charge in [0.15, 0.2) is 6.29 Å². The van der Waals surface area contributed by atoms with Crippen LogP contribution in [0.5, 0.6) is 0 Å². The SMILES string of the molecule is CCCCCCCC/C=C\CCCCCCCCCCOCC(COC1OC(CO)C(O)C(OS(=O)(=O)O)C1O)OC(=O)CCCCCCCCCCCCCC. The second-order valence-electron chi connectivity index (χ2n) is 16.0. The predicted molar refractivity (Wildman–Crippen MR) is 225 cm³/mol. The van der Waals surface area contributed by atoms with Crippen molar-refractivity contribution < 1.29 is 56.2 Å². The first-order valence-corrected chi connectivity index (χ1v) is 24.3. The van der Waals surface area contributed by atoms with Crippen LogP contribution in [0.1, 0.15) is 200 Å². The van der Waals surface area contributed by atoms with Gasteiger partial charge in [0.1, 0.15) is 30.5 Å². The van der Waals surface area contributed by atoms with Gasteiger partial charge < -0.3 is 34.3 Å². The molecule has 0 saturated carbocycles. The number of aliphatic hydroxyl groups excluding tert-OH is 3. The van der Waals surface area contributed by atoms with Gasteiger partial charge in [-0.1, -0.05) is 167 Å². The molecule has 1 heterocycles. The van der Waals surface area contributed by atoms with Gasteiger partial charge in [0.05, 0.1) is 19.8 Å². The molecule has 0 aromatic carbocycles. The van der Waals surface area contributed by atoms with Crippen molar-refractivity contribution in [2.24, 2.45) is 0 Å². The van der Waals surface area contributed by atoms with Crippen LogP contribution in [0.2, 0.25) is 0 Å². The fraction of sp³-hybridized carbons (Fsp3) is 0.932. The average Bonchev–Trinajstić information content (AvgIpc) is 3.18. The molecule has 12 nitrogen and oxygen atoms in total. The molecule has 4 N–H and O–H groups in total. The Balaban J connectivity index is 2.40. The fourth-order valence-corrected chi connectivity index (χ4v) is 7.65. The maximum absolute atomic E-state index is 12.8. The van der Waals surface area contributed by atoms with Gasteiger partial charge in [0, 0.05) is 13.0 Å². The summed E-state index contributed by atoms with van der Waals surface area (Å²) in [5, 5.41) is 30.6. The normalized spacial score (nSPS) is 20.7. The van der Waals surface area contributed by atoms with Crippen LogP contribution in [0.15, 0.2) is 12.2 Å². The summed E-state index contributed by atoms with van der Waals surface area (Å²) in [6.07, 6.45) is 29.6. The van der Waals surface area contributed by atoms with Crippen LogP contribution in [0.25, 0.3) is 0 Å². The minimum Gasteiger partial charge on any atom is -0.457 e. The Labute approximate surface area is 347 Å². The van der Waals surface area contributed by atoms with Crippen molar-refractivity contribution in [2.75, 3.05) is 26.4 Å². The highest BCUT2D eigenvalue weighted by molar-refractivity contribution is 7.80. The molecule has 1 aliphatic rings. The average molecular weight is 837 g/mol. The van der Waals surface area contributed by atoms with Gasteiger partial charge in [0.2, 0.25) is 0 Å². The van der Waals surface area contributed by atoms with E-state index in [9.17, 15) is 28.5 Å². The molecule has 0 aliphatic carbocycles. The van der Waals surface area contributed by atoms with Crippen molar-refractivity contribution in [2.45, 2.75) is 237 Å². The molecule has 0 aromatic heterocycles. The van der Waals surface area contributed by atoms with E-state index < -0.39 is 59.8 Å². The molecular weight excluding hydrogens is 753 g/mol. The number of allylic oxidation sites excluding steroid dienone is 2. The Morgan fingerprint density at radius 1 is 0.649 bits per heavy atom. The molecule has 6 unspecified atom stereocenters. The Morgan fingerprint density at radius 3 is 1.58 bits per heavy atom. The Kier molecular flexibility index (Phi) is 34.6. The molecule has 1 saturated heterocycles. The van der Waals surface area contributed by atoms with E-state index in [1.807, 2.05) is 0 Å². The highest BCUT2D eigenvalue weighted by atomic mass is 32.3. The van der Waals surface area contributed by atoms with Crippen LogP contribution < -0.4 is 0 Å². The molecule has 338 valence electrons. The zero-order chi connectivity index (χ0) is 41.8. The van der Waals surface area contributed by atoms with Crippen molar-refractivity contribution in [3.8, 4) is 0 Å².